The highest BCUT2D eigenvalue weighted by molar-refractivity contribution is 7.91. The summed E-state index contributed by atoms with van der Waals surface area (Å²) >= 11 is 0. The average molecular weight is 399 g/mol. The zero-order chi connectivity index (χ0) is 19.7. The maximum absolute atomic E-state index is 12.4. The minimum absolute atomic E-state index is 0.0185. The number of carbonyl (C=O) groups is 1. The molecule has 1 amide bonds. The Morgan fingerprint density at radius 2 is 1.93 bits per heavy atom. The van der Waals surface area contributed by atoms with E-state index in [1.807, 2.05) is 30.3 Å². The molecule has 2 heterocycles. The fourth-order valence-electron chi connectivity index (χ4n) is 2.87. The molecule has 3 aromatic rings. The third kappa shape index (κ3) is 3.36. The molecule has 8 nitrogen and oxygen atoms in total. The van der Waals surface area contributed by atoms with Crippen LogP contribution in [0.4, 0.5) is 5.69 Å². The number of benzene rings is 2. The number of anilines is 1. The fourth-order valence-corrected chi connectivity index (χ4v) is 3.77. The topological polar surface area (TPSA) is 103 Å². The van der Waals surface area contributed by atoms with Gasteiger partial charge < -0.3 is 9.26 Å². The van der Waals surface area contributed by atoms with E-state index in [0.717, 1.165) is 5.56 Å². The molecule has 0 N–H and O–H groups in total. The number of hydrogen-bond donors (Lipinski definition) is 0. The zero-order valence-electron chi connectivity index (χ0n) is 15.0. The molecular formula is C19H17N3O5S. The van der Waals surface area contributed by atoms with Gasteiger partial charge in [0.25, 0.3) is 5.91 Å². The molecule has 1 aliphatic heterocycles. The lowest BCUT2D eigenvalue weighted by molar-refractivity contribution is -0.121. The predicted octanol–water partition coefficient (Wildman–Crippen LogP) is 2.46. The zero-order valence-corrected chi connectivity index (χ0v) is 15.8. The maximum Gasteiger partial charge on any atom is 0.265 e. The van der Waals surface area contributed by atoms with Crippen LogP contribution in [0.1, 0.15) is 12.8 Å². The highest BCUT2D eigenvalue weighted by Gasteiger charge is 2.29. The van der Waals surface area contributed by atoms with Gasteiger partial charge in [0.1, 0.15) is 12.3 Å². The third-order valence-corrected chi connectivity index (χ3v) is 6.14. The normalized spacial score (nSPS) is 13.9. The molecule has 1 aliphatic rings. The predicted molar refractivity (Wildman–Crippen MR) is 101 cm³/mol. The first kappa shape index (κ1) is 18.2. The van der Waals surface area contributed by atoms with Gasteiger partial charge in [-0.3, -0.25) is 9.69 Å². The Kier molecular flexibility index (Phi) is 4.60. The summed E-state index contributed by atoms with van der Waals surface area (Å²) in [6.07, 6.45) is 0. The molecular weight excluding hydrogens is 382 g/mol. The Balaban J connectivity index is 1.67. The molecule has 0 unspecified atom stereocenters. The van der Waals surface area contributed by atoms with E-state index in [1.54, 1.807) is 13.0 Å². The molecule has 0 radical (unpaired) electrons. The number of ether oxygens (including phenoxy) is 1. The summed E-state index contributed by atoms with van der Waals surface area (Å²) in [5.41, 5.74) is 1.16. The Labute approximate surface area is 161 Å². The molecule has 4 rings (SSSR count). The number of hydrogen-bond acceptors (Lipinski definition) is 7. The van der Waals surface area contributed by atoms with Crippen molar-refractivity contribution in [3.63, 3.8) is 0 Å². The first-order valence-electron chi connectivity index (χ1n) is 8.66. The molecule has 28 heavy (non-hydrogen) atoms. The van der Waals surface area contributed by atoms with Gasteiger partial charge in [0, 0.05) is 5.56 Å². The number of carbonyl (C=O) groups excluding carboxylic acids is 1. The second kappa shape index (κ2) is 7.08. The van der Waals surface area contributed by atoms with Crippen molar-refractivity contribution in [3.05, 3.63) is 54.4 Å². The van der Waals surface area contributed by atoms with Gasteiger partial charge in [-0.05, 0) is 18.2 Å². The average Bonchev–Trinajstić information content (AvgIpc) is 3.19. The molecule has 0 spiro atoms. The molecule has 0 fully saturated rings. The molecule has 1 aromatic heterocycles. The highest BCUT2D eigenvalue weighted by atomic mass is 32.2. The van der Waals surface area contributed by atoms with Crippen LogP contribution in [0.3, 0.4) is 0 Å². The van der Waals surface area contributed by atoms with E-state index in [9.17, 15) is 13.2 Å². The Bertz CT molecular complexity index is 1130. The molecule has 0 saturated carbocycles. The van der Waals surface area contributed by atoms with Crippen molar-refractivity contribution in [2.75, 3.05) is 17.3 Å². The molecule has 0 aliphatic carbocycles. The Morgan fingerprint density at radius 3 is 2.68 bits per heavy atom. The first-order chi connectivity index (χ1) is 13.5. The summed E-state index contributed by atoms with van der Waals surface area (Å²) in [5.74, 6) is 0.725. The quantitative estimate of drug-likeness (QED) is 0.649. The highest BCUT2D eigenvalue weighted by Crippen LogP contribution is 2.35. The van der Waals surface area contributed by atoms with Gasteiger partial charge in [-0.1, -0.05) is 42.4 Å². The van der Waals surface area contributed by atoms with Crippen molar-refractivity contribution in [1.29, 1.82) is 0 Å². The van der Waals surface area contributed by atoms with Crippen LogP contribution in [0.2, 0.25) is 0 Å². The lowest BCUT2D eigenvalue weighted by Crippen LogP contribution is -2.38. The van der Waals surface area contributed by atoms with Gasteiger partial charge in [0.15, 0.2) is 16.4 Å². The number of nitrogens with zero attached hydrogens (tertiary/aromatic N) is 3. The fraction of sp³-hybridized carbons (Fsp3) is 0.211. The van der Waals surface area contributed by atoms with E-state index in [1.165, 1.54) is 17.0 Å². The smallest absolute Gasteiger partial charge is 0.265 e. The molecule has 2 aromatic carbocycles. The van der Waals surface area contributed by atoms with E-state index in [4.69, 9.17) is 9.26 Å². The van der Waals surface area contributed by atoms with Gasteiger partial charge in [0.2, 0.25) is 11.7 Å². The summed E-state index contributed by atoms with van der Waals surface area (Å²) < 4.78 is 35.1. The number of fused-ring (bicyclic) bond motifs is 1. The largest absolute Gasteiger partial charge is 0.482 e. The number of amides is 1. The van der Waals surface area contributed by atoms with E-state index in [2.05, 4.69) is 10.1 Å². The SMILES string of the molecule is CCS(=O)(=O)c1ccc2c(c1)N(Cc1nc(-c3ccccc3)no1)C(=O)CO2. The van der Waals surface area contributed by atoms with Gasteiger partial charge in [-0.25, -0.2) is 8.42 Å². The first-order valence-corrected chi connectivity index (χ1v) is 10.3. The Morgan fingerprint density at radius 1 is 1.14 bits per heavy atom. The van der Waals surface area contributed by atoms with Gasteiger partial charge in [0.05, 0.1) is 16.3 Å². The molecule has 144 valence electrons. The van der Waals surface area contributed by atoms with Crippen molar-refractivity contribution in [1.82, 2.24) is 10.1 Å². The lowest BCUT2D eigenvalue weighted by atomic mass is 10.2. The number of sulfone groups is 1. The second-order valence-corrected chi connectivity index (χ2v) is 8.46. The number of aromatic nitrogens is 2. The number of rotatable bonds is 5. The van der Waals surface area contributed by atoms with Crippen LogP contribution in [0, 0.1) is 0 Å². The van der Waals surface area contributed by atoms with E-state index >= 15 is 0 Å². The van der Waals surface area contributed by atoms with Crippen LogP contribution in [0.5, 0.6) is 5.75 Å². The summed E-state index contributed by atoms with van der Waals surface area (Å²) in [4.78, 5) is 18.3. The van der Waals surface area contributed by atoms with Crippen molar-refractivity contribution in [2.45, 2.75) is 18.4 Å². The van der Waals surface area contributed by atoms with Crippen LogP contribution >= 0.6 is 0 Å². The standard InChI is InChI=1S/C19H17N3O5S/c1-2-28(24,25)14-8-9-16-15(10-14)22(18(23)12-26-16)11-17-20-19(21-27-17)13-6-4-3-5-7-13/h3-10H,2,11-12H2,1H3. The van der Waals surface area contributed by atoms with Gasteiger partial charge in [-0.15, -0.1) is 0 Å². The summed E-state index contributed by atoms with van der Waals surface area (Å²) in [5, 5.41) is 3.95. The minimum Gasteiger partial charge on any atom is -0.482 e. The summed E-state index contributed by atoms with van der Waals surface area (Å²) in [6.45, 7) is 1.44. The Hall–Kier alpha value is -3.20. The van der Waals surface area contributed by atoms with Crippen molar-refractivity contribution in [3.8, 4) is 17.1 Å². The van der Waals surface area contributed by atoms with Gasteiger partial charge in [-0.2, -0.15) is 4.98 Å². The summed E-state index contributed by atoms with van der Waals surface area (Å²) in [6, 6.07) is 13.8. The monoisotopic (exact) mass is 399 g/mol. The molecule has 0 saturated heterocycles. The lowest BCUT2D eigenvalue weighted by Gasteiger charge is -2.28. The van der Waals surface area contributed by atoms with Crippen molar-refractivity contribution < 1.29 is 22.5 Å². The second-order valence-electron chi connectivity index (χ2n) is 6.18. The van der Waals surface area contributed by atoms with Crippen LogP contribution < -0.4 is 9.64 Å². The van der Waals surface area contributed by atoms with Crippen LogP contribution in [-0.4, -0.2) is 36.8 Å². The van der Waals surface area contributed by atoms with E-state index in [-0.39, 0.29) is 35.6 Å². The third-order valence-electron chi connectivity index (χ3n) is 4.41. The maximum atomic E-state index is 12.4. The molecule has 0 bridgehead atoms. The molecule has 9 heteroatoms. The van der Waals surface area contributed by atoms with Crippen LogP contribution in [0.25, 0.3) is 11.4 Å². The minimum atomic E-state index is -3.42. The summed E-state index contributed by atoms with van der Waals surface area (Å²) in [7, 11) is -3.42. The van der Waals surface area contributed by atoms with Crippen LogP contribution in [-0.2, 0) is 21.2 Å². The molecule has 0 atom stereocenters. The van der Waals surface area contributed by atoms with Gasteiger partial charge >= 0.3 is 0 Å². The van der Waals surface area contributed by atoms with Crippen molar-refractivity contribution >= 4 is 21.4 Å². The van der Waals surface area contributed by atoms with Crippen LogP contribution in [0.15, 0.2) is 57.9 Å². The van der Waals surface area contributed by atoms with Crippen molar-refractivity contribution in [2.24, 2.45) is 0 Å². The van der Waals surface area contributed by atoms with E-state index in [0.29, 0.717) is 17.3 Å². The van der Waals surface area contributed by atoms with E-state index < -0.39 is 9.84 Å².